The maximum Gasteiger partial charge on any atom is 0.255 e. The van der Waals surface area contributed by atoms with Crippen LogP contribution in [-0.4, -0.2) is 45.6 Å². The molecule has 2 N–H and O–H groups in total. The van der Waals surface area contributed by atoms with Gasteiger partial charge >= 0.3 is 0 Å². The summed E-state index contributed by atoms with van der Waals surface area (Å²) in [6.45, 7) is 5.86. The number of nitrogens with zero attached hydrogens (tertiary/aromatic N) is 3. The average molecular weight is 638 g/mol. The van der Waals surface area contributed by atoms with Crippen molar-refractivity contribution in [1.82, 2.24) is 20.2 Å². The molecular weight excluding hydrogens is 598 g/mol. The predicted octanol–water partition coefficient (Wildman–Crippen LogP) is 6.88. The zero-order valence-corrected chi connectivity index (χ0v) is 27.4. The first-order valence-corrected chi connectivity index (χ1v) is 16.0. The van der Waals surface area contributed by atoms with E-state index in [0.29, 0.717) is 23.1 Å². The molecule has 0 radical (unpaired) electrons. The second-order valence-corrected chi connectivity index (χ2v) is 12.7. The Balaban J connectivity index is 1.57. The third kappa shape index (κ3) is 7.94. The summed E-state index contributed by atoms with van der Waals surface area (Å²) in [6.07, 6.45) is 3.68. The molecule has 0 aliphatic heterocycles. The standard InChI is InChI=1S/C40H39N5O3/c1-40(2,3)37(46)33-16-10-11-17-34(33)39(48)45(23-22-32-25-42-27-44-32)36(31-20-18-28(24-41)19-21-31)38(47)43-26-35(29-12-6-4-7-13-29)30-14-8-5-9-15-30/h4-21,25,27,35-36H,22-23,26H2,1-3H3,(H,42,44)(H,43,47). The van der Waals surface area contributed by atoms with Crippen LogP contribution < -0.4 is 5.32 Å². The Hall–Kier alpha value is -5.81. The Morgan fingerprint density at radius 3 is 1.94 bits per heavy atom. The Morgan fingerprint density at radius 2 is 1.40 bits per heavy atom. The number of aromatic nitrogens is 2. The number of nitriles is 1. The number of hydrogen-bond acceptors (Lipinski definition) is 5. The summed E-state index contributed by atoms with van der Waals surface area (Å²) in [7, 11) is 0. The lowest BCUT2D eigenvalue weighted by molar-refractivity contribution is -0.126. The first kappa shape index (κ1) is 33.6. The summed E-state index contributed by atoms with van der Waals surface area (Å²) in [5.74, 6) is -1.15. The van der Waals surface area contributed by atoms with Crippen LogP contribution in [0.2, 0.25) is 0 Å². The average Bonchev–Trinajstić information content (AvgIpc) is 3.64. The molecule has 2 amide bonds. The van der Waals surface area contributed by atoms with Crippen LogP contribution in [0.15, 0.2) is 122 Å². The molecular formula is C40H39N5O3. The third-order valence-electron chi connectivity index (χ3n) is 8.31. The summed E-state index contributed by atoms with van der Waals surface area (Å²) in [5.41, 5.74) is 3.56. The number of aromatic amines is 1. The van der Waals surface area contributed by atoms with Crippen LogP contribution in [0.4, 0.5) is 0 Å². The number of carbonyl (C=O) groups is 3. The molecule has 0 saturated carbocycles. The van der Waals surface area contributed by atoms with Crippen LogP contribution >= 0.6 is 0 Å². The highest BCUT2D eigenvalue weighted by Gasteiger charge is 2.35. The number of ketones is 1. The molecule has 0 saturated heterocycles. The molecule has 4 aromatic carbocycles. The number of imidazole rings is 1. The van der Waals surface area contributed by atoms with Gasteiger partial charge < -0.3 is 15.2 Å². The van der Waals surface area contributed by atoms with Crippen molar-refractivity contribution in [1.29, 1.82) is 5.26 Å². The van der Waals surface area contributed by atoms with E-state index in [0.717, 1.165) is 16.8 Å². The van der Waals surface area contributed by atoms with Gasteiger partial charge in [0.05, 0.1) is 29.2 Å². The minimum absolute atomic E-state index is 0.140. The summed E-state index contributed by atoms with van der Waals surface area (Å²) in [4.78, 5) is 51.6. The largest absolute Gasteiger partial charge is 0.353 e. The number of hydrogen-bond donors (Lipinski definition) is 2. The van der Waals surface area contributed by atoms with Gasteiger partial charge in [0, 0.05) is 42.6 Å². The summed E-state index contributed by atoms with van der Waals surface area (Å²) < 4.78 is 0. The molecule has 8 nitrogen and oxygen atoms in total. The van der Waals surface area contributed by atoms with Gasteiger partial charge in [-0.25, -0.2) is 4.98 Å². The van der Waals surface area contributed by atoms with E-state index in [1.807, 2.05) is 81.4 Å². The van der Waals surface area contributed by atoms with Crippen molar-refractivity contribution in [3.63, 3.8) is 0 Å². The van der Waals surface area contributed by atoms with Crippen molar-refractivity contribution in [3.05, 3.63) is 161 Å². The van der Waals surface area contributed by atoms with Crippen LogP contribution in [0, 0.1) is 16.7 Å². The topological polar surface area (TPSA) is 119 Å². The van der Waals surface area contributed by atoms with Gasteiger partial charge in [-0.15, -0.1) is 0 Å². The molecule has 0 bridgehead atoms. The monoisotopic (exact) mass is 637 g/mol. The normalized spacial score (nSPS) is 11.8. The lowest BCUT2D eigenvalue weighted by Crippen LogP contribution is -2.46. The SMILES string of the molecule is CC(C)(C)C(=O)c1ccccc1C(=O)N(CCc1c[nH]cn1)C(C(=O)NCC(c1ccccc1)c1ccccc1)c1ccc(C#N)cc1. The molecule has 5 rings (SSSR count). The van der Waals surface area contributed by atoms with Gasteiger partial charge in [0.2, 0.25) is 5.91 Å². The van der Waals surface area contributed by atoms with Crippen LogP contribution in [-0.2, 0) is 11.2 Å². The quantitative estimate of drug-likeness (QED) is 0.145. The maximum absolute atomic E-state index is 14.7. The van der Waals surface area contributed by atoms with Gasteiger partial charge in [0.25, 0.3) is 5.91 Å². The highest BCUT2D eigenvalue weighted by atomic mass is 16.2. The Labute approximate surface area is 281 Å². The molecule has 5 aromatic rings. The van der Waals surface area contributed by atoms with E-state index in [4.69, 9.17) is 0 Å². The molecule has 1 unspecified atom stereocenters. The minimum Gasteiger partial charge on any atom is -0.353 e. The van der Waals surface area contributed by atoms with E-state index in [9.17, 15) is 19.6 Å². The van der Waals surface area contributed by atoms with Gasteiger partial charge in [-0.05, 0) is 34.9 Å². The fourth-order valence-electron chi connectivity index (χ4n) is 5.75. The van der Waals surface area contributed by atoms with Gasteiger partial charge in [-0.2, -0.15) is 5.26 Å². The predicted molar refractivity (Wildman–Crippen MR) is 185 cm³/mol. The van der Waals surface area contributed by atoms with Gasteiger partial charge in [-0.3, -0.25) is 14.4 Å². The molecule has 0 aliphatic carbocycles. The molecule has 48 heavy (non-hydrogen) atoms. The van der Waals surface area contributed by atoms with Crippen molar-refractivity contribution in [3.8, 4) is 6.07 Å². The number of benzene rings is 4. The third-order valence-corrected chi connectivity index (χ3v) is 8.31. The van der Waals surface area contributed by atoms with Gasteiger partial charge in [-0.1, -0.05) is 112 Å². The zero-order chi connectivity index (χ0) is 34.1. The zero-order valence-electron chi connectivity index (χ0n) is 27.4. The number of nitrogens with one attached hydrogen (secondary N) is 2. The van der Waals surface area contributed by atoms with E-state index >= 15 is 0 Å². The second kappa shape index (κ2) is 15.2. The number of rotatable bonds is 12. The second-order valence-electron chi connectivity index (χ2n) is 12.7. The maximum atomic E-state index is 14.7. The first-order chi connectivity index (χ1) is 23.2. The fourth-order valence-corrected chi connectivity index (χ4v) is 5.75. The van der Waals surface area contributed by atoms with Crippen LogP contribution in [0.1, 0.15) is 81.4 Å². The van der Waals surface area contributed by atoms with E-state index in [2.05, 4.69) is 21.4 Å². The fraction of sp³-hybridized carbons (Fsp3) is 0.225. The Morgan fingerprint density at radius 1 is 0.812 bits per heavy atom. The number of H-pyrrole nitrogens is 1. The summed E-state index contributed by atoms with van der Waals surface area (Å²) in [6, 6.07) is 34.4. The highest BCUT2D eigenvalue weighted by molar-refractivity contribution is 6.10. The van der Waals surface area contributed by atoms with Crippen LogP contribution in [0.5, 0.6) is 0 Å². The molecule has 8 heteroatoms. The van der Waals surface area contributed by atoms with Crippen molar-refractivity contribution in [2.24, 2.45) is 5.41 Å². The van der Waals surface area contributed by atoms with Crippen molar-refractivity contribution < 1.29 is 14.4 Å². The Kier molecular flexibility index (Phi) is 10.6. The van der Waals surface area contributed by atoms with Crippen LogP contribution in [0.3, 0.4) is 0 Å². The molecule has 0 aliphatic rings. The molecule has 1 atom stereocenters. The van der Waals surface area contributed by atoms with Gasteiger partial charge in [0.15, 0.2) is 5.78 Å². The van der Waals surface area contributed by atoms with Crippen LogP contribution in [0.25, 0.3) is 0 Å². The number of amides is 2. The van der Waals surface area contributed by atoms with E-state index in [1.54, 1.807) is 61.1 Å². The first-order valence-electron chi connectivity index (χ1n) is 16.0. The van der Waals surface area contributed by atoms with Crippen molar-refractivity contribution in [2.75, 3.05) is 13.1 Å². The lowest BCUT2D eigenvalue weighted by atomic mass is 9.84. The van der Waals surface area contributed by atoms with E-state index in [-0.39, 0.29) is 36.3 Å². The molecule has 0 fully saturated rings. The van der Waals surface area contributed by atoms with Crippen molar-refractivity contribution >= 4 is 17.6 Å². The molecule has 0 spiro atoms. The smallest absolute Gasteiger partial charge is 0.255 e. The van der Waals surface area contributed by atoms with E-state index < -0.39 is 17.4 Å². The molecule has 1 aromatic heterocycles. The van der Waals surface area contributed by atoms with Gasteiger partial charge in [0.1, 0.15) is 6.04 Å². The molecule has 1 heterocycles. The lowest BCUT2D eigenvalue weighted by Gasteiger charge is -2.33. The highest BCUT2D eigenvalue weighted by Crippen LogP contribution is 2.30. The van der Waals surface area contributed by atoms with Crippen molar-refractivity contribution in [2.45, 2.75) is 39.2 Å². The minimum atomic E-state index is -1.07. The summed E-state index contributed by atoms with van der Waals surface area (Å²) in [5, 5.41) is 12.6. The number of Topliss-reactive ketones (excluding diaryl/α,β-unsaturated/α-hetero) is 1. The Bertz CT molecular complexity index is 1830. The number of carbonyl (C=O) groups excluding carboxylic acids is 3. The molecule has 242 valence electrons. The summed E-state index contributed by atoms with van der Waals surface area (Å²) >= 11 is 0. The van der Waals surface area contributed by atoms with E-state index in [1.165, 1.54) is 4.90 Å².